The molecule has 0 saturated carbocycles. The van der Waals surface area contributed by atoms with Gasteiger partial charge in [0.25, 0.3) is 0 Å². The number of rotatable bonds is 3. The maximum Gasteiger partial charge on any atom is 0.152 e. The van der Waals surface area contributed by atoms with E-state index in [-0.39, 0.29) is 0 Å². The molecular formula is C16H18N4O. The van der Waals surface area contributed by atoms with Crippen LogP contribution in [0, 0.1) is 25.2 Å². The van der Waals surface area contributed by atoms with Gasteiger partial charge in [-0.2, -0.15) is 5.26 Å². The molecule has 2 rings (SSSR count). The number of benzene rings is 1. The van der Waals surface area contributed by atoms with E-state index >= 15 is 0 Å². The van der Waals surface area contributed by atoms with Crippen LogP contribution < -0.4 is 15.4 Å². The molecule has 0 bridgehead atoms. The van der Waals surface area contributed by atoms with Crippen molar-refractivity contribution in [1.82, 2.24) is 4.98 Å². The highest BCUT2D eigenvalue weighted by molar-refractivity contribution is 5.63. The normalized spacial score (nSPS) is 10.0. The third kappa shape index (κ3) is 3.06. The molecule has 108 valence electrons. The molecule has 1 aromatic heterocycles. The average molecular weight is 282 g/mol. The lowest BCUT2D eigenvalue weighted by Crippen LogP contribution is -2.09. The van der Waals surface area contributed by atoms with E-state index in [1.807, 2.05) is 38.1 Å². The quantitative estimate of drug-likeness (QED) is 0.876. The number of hydrogen-bond donors (Lipinski definition) is 1. The lowest BCUT2D eigenvalue weighted by Gasteiger charge is -2.16. The van der Waals surface area contributed by atoms with Crippen molar-refractivity contribution in [1.29, 1.82) is 5.26 Å². The predicted octanol–water partition coefficient (Wildman–Crippen LogP) is 3.01. The van der Waals surface area contributed by atoms with E-state index in [1.54, 1.807) is 19.1 Å². The Morgan fingerprint density at radius 1 is 1.19 bits per heavy atom. The molecule has 2 aromatic rings. The van der Waals surface area contributed by atoms with Crippen LogP contribution in [0.15, 0.2) is 24.3 Å². The minimum Gasteiger partial charge on any atom is -0.454 e. The first-order valence-corrected chi connectivity index (χ1v) is 6.55. The standard InChI is InChI=1S/C16H18N4O/c1-10-7-15(13(9-17)11(2)19-10)21-16-8-12(20(3)4)5-6-14(16)18/h5-8H,18H2,1-4H3. The van der Waals surface area contributed by atoms with Crippen molar-refractivity contribution in [3.05, 3.63) is 41.2 Å². The van der Waals surface area contributed by atoms with E-state index in [0.717, 1.165) is 11.4 Å². The van der Waals surface area contributed by atoms with E-state index in [9.17, 15) is 5.26 Å². The van der Waals surface area contributed by atoms with Gasteiger partial charge in [-0.15, -0.1) is 0 Å². The molecule has 21 heavy (non-hydrogen) atoms. The molecule has 0 aliphatic heterocycles. The highest BCUT2D eigenvalue weighted by Crippen LogP contribution is 2.33. The summed E-state index contributed by atoms with van der Waals surface area (Å²) >= 11 is 0. The van der Waals surface area contributed by atoms with Gasteiger partial charge < -0.3 is 15.4 Å². The maximum atomic E-state index is 9.27. The fourth-order valence-electron chi connectivity index (χ4n) is 2.02. The summed E-state index contributed by atoms with van der Waals surface area (Å²) in [6.45, 7) is 3.65. The van der Waals surface area contributed by atoms with Crippen LogP contribution in [0.1, 0.15) is 17.0 Å². The number of nitriles is 1. The van der Waals surface area contributed by atoms with Crippen LogP contribution in [-0.4, -0.2) is 19.1 Å². The van der Waals surface area contributed by atoms with Gasteiger partial charge in [0, 0.05) is 37.6 Å². The van der Waals surface area contributed by atoms with Gasteiger partial charge in [-0.05, 0) is 26.0 Å². The molecule has 0 radical (unpaired) electrons. The van der Waals surface area contributed by atoms with Gasteiger partial charge in [-0.3, -0.25) is 4.98 Å². The third-order valence-corrected chi connectivity index (χ3v) is 3.14. The van der Waals surface area contributed by atoms with E-state index < -0.39 is 0 Å². The Balaban J connectivity index is 2.48. The van der Waals surface area contributed by atoms with Gasteiger partial charge in [0.1, 0.15) is 17.4 Å². The molecule has 0 unspecified atom stereocenters. The highest BCUT2D eigenvalue weighted by Gasteiger charge is 2.12. The zero-order valence-electron chi connectivity index (χ0n) is 12.6. The second-order valence-electron chi connectivity index (χ2n) is 5.05. The number of aryl methyl sites for hydroxylation is 2. The monoisotopic (exact) mass is 282 g/mol. The number of aromatic nitrogens is 1. The van der Waals surface area contributed by atoms with Gasteiger partial charge in [-0.25, -0.2) is 0 Å². The number of pyridine rings is 1. The molecule has 0 aliphatic carbocycles. The molecule has 1 heterocycles. The van der Waals surface area contributed by atoms with Crippen LogP contribution in [0.25, 0.3) is 0 Å². The first-order valence-electron chi connectivity index (χ1n) is 6.55. The maximum absolute atomic E-state index is 9.27. The third-order valence-electron chi connectivity index (χ3n) is 3.14. The Labute approximate surface area is 124 Å². The zero-order chi connectivity index (χ0) is 15.6. The molecule has 0 fully saturated rings. The van der Waals surface area contributed by atoms with E-state index in [4.69, 9.17) is 10.5 Å². The molecule has 2 N–H and O–H groups in total. The van der Waals surface area contributed by atoms with Gasteiger partial charge >= 0.3 is 0 Å². The Bertz CT molecular complexity index is 717. The largest absolute Gasteiger partial charge is 0.454 e. The molecule has 1 aromatic carbocycles. The zero-order valence-corrected chi connectivity index (χ0v) is 12.6. The summed E-state index contributed by atoms with van der Waals surface area (Å²) in [6, 6.07) is 9.42. The van der Waals surface area contributed by atoms with Crippen molar-refractivity contribution in [2.45, 2.75) is 13.8 Å². The molecule has 0 amide bonds. The minimum absolute atomic E-state index is 0.426. The minimum atomic E-state index is 0.426. The lowest BCUT2D eigenvalue weighted by atomic mass is 10.2. The van der Waals surface area contributed by atoms with E-state index in [2.05, 4.69) is 11.1 Å². The number of ether oxygens (including phenoxy) is 1. The van der Waals surface area contributed by atoms with Crippen molar-refractivity contribution in [3.8, 4) is 17.6 Å². The van der Waals surface area contributed by atoms with Crippen molar-refractivity contribution in [2.75, 3.05) is 24.7 Å². The Morgan fingerprint density at radius 2 is 1.90 bits per heavy atom. The van der Waals surface area contributed by atoms with Crippen LogP contribution >= 0.6 is 0 Å². The predicted molar refractivity (Wildman–Crippen MR) is 83.7 cm³/mol. The fourth-order valence-corrected chi connectivity index (χ4v) is 2.02. The summed E-state index contributed by atoms with van der Waals surface area (Å²) in [6.07, 6.45) is 0. The van der Waals surface area contributed by atoms with Crippen LogP contribution in [0.2, 0.25) is 0 Å². The first kappa shape index (κ1) is 14.7. The van der Waals surface area contributed by atoms with Crippen molar-refractivity contribution in [3.63, 3.8) is 0 Å². The second-order valence-corrected chi connectivity index (χ2v) is 5.05. The summed E-state index contributed by atoms with van der Waals surface area (Å²) in [7, 11) is 3.88. The Morgan fingerprint density at radius 3 is 2.52 bits per heavy atom. The van der Waals surface area contributed by atoms with E-state index in [1.165, 1.54) is 0 Å². The Hall–Kier alpha value is -2.74. The SMILES string of the molecule is Cc1cc(Oc2cc(N(C)C)ccc2N)c(C#N)c(C)n1. The van der Waals surface area contributed by atoms with Crippen LogP contribution in [-0.2, 0) is 0 Å². The summed E-state index contributed by atoms with van der Waals surface area (Å²) in [5, 5.41) is 9.27. The van der Waals surface area contributed by atoms with Crippen LogP contribution in [0.4, 0.5) is 11.4 Å². The van der Waals surface area contributed by atoms with Gasteiger partial charge in [0.05, 0.1) is 11.4 Å². The first-order chi connectivity index (χ1) is 9.92. The second kappa shape index (κ2) is 5.71. The molecular weight excluding hydrogens is 264 g/mol. The van der Waals surface area contributed by atoms with Crippen molar-refractivity contribution >= 4 is 11.4 Å². The van der Waals surface area contributed by atoms with Crippen molar-refractivity contribution < 1.29 is 4.74 Å². The average Bonchev–Trinajstić information content (AvgIpc) is 2.40. The van der Waals surface area contributed by atoms with E-state index in [0.29, 0.717) is 28.4 Å². The molecule has 0 aliphatic rings. The number of nitrogens with zero attached hydrogens (tertiary/aromatic N) is 3. The summed E-state index contributed by atoms with van der Waals surface area (Å²) in [5.41, 5.74) is 9.33. The van der Waals surface area contributed by atoms with Gasteiger partial charge in [-0.1, -0.05) is 0 Å². The van der Waals surface area contributed by atoms with Crippen LogP contribution in [0.3, 0.4) is 0 Å². The lowest BCUT2D eigenvalue weighted by molar-refractivity contribution is 0.481. The Kier molecular flexibility index (Phi) is 3.99. The van der Waals surface area contributed by atoms with Crippen LogP contribution in [0.5, 0.6) is 11.5 Å². The molecule has 5 nitrogen and oxygen atoms in total. The molecule has 0 spiro atoms. The number of anilines is 2. The fraction of sp³-hybridized carbons (Fsp3) is 0.250. The number of hydrogen-bond acceptors (Lipinski definition) is 5. The summed E-state index contributed by atoms with van der Waals surface area (Å²) < 4.78 is 5.87. The topological polar surface area (TPSA) is 75.2 Å². The number of nitrogens with two attached hydrogens (primary N) is 1. The summed E-state index contributed by atoms with van der Waals surface area (Å²) in [4.78, 5) is 6.23. The van der Waals surface area contributed by atoms with Gasteiger partial charge in [0.2, 0.25) is 0 Å². The van der Waals surface area contributed by atoms with Crippen molar-refractivity contribution in [2.24, 2.45) is 0 Å². The molecule has 0 atom stereocenters. The number of nitrogen functional groups attached to an aromatic ring is 1. The smallest absolute Gasteiger partial charge is 0.152 e. The highest BCUT2D eigenvalue weighted by atomic mass is 16.5. The molecule has 0 saturated heterocycles. The van der Waals surface area contributed by atoms with Gasteiger partial charge in [0.15, 0.2) is 5.75 Å². The molecule has 5 heteroatoms. The summed E-state index contributed by atoms with van der Waals surface area (Å²) in [5.74, 6) is 1.01.